The van der Waals surface area contributed by atoms with Crippen LogP contribution in [0.1, 0.15) is 30.5 Å². The van der Waals surface area contributed by atoms with Gasteiger partial charge in [0.1, 0.15) is 0 Å². The van der Waals surface area contributed by atoms with E-state index in [4.69, 9.17) is 4.74 Å². The summed E-state index contributed by atoms with van der Waals surface area (Å²) in [7, 11) is 0. The number of rotatable bonds is 10. The Morgan fingerprint density at radius 1 is 1.52 bits per heavy atom. The summed E-state index contributed by atoms with van der Waals surface area (Å²) in [6, 6.07) is 0. The van der Waals surface area contributed by atoms with Gasteiger partial charge in [0.2, 0.25) is 0 Å². The Kier molecular flexibility index (Phi) is 7.78. The molecular formula is C16H28N4O2S. The average molecular weight is 340 g/mol. The Bertz CT molecular complexity index is 488. The van der Waals surface area contributed by atoms with E-state index in [-0.39, 0.29) is 0 Å². The van der Waals surface area contributed by atoms with E-state index in [2.05, 4.69) is 26.0 Å². The molecule has 0 aliphatic heterocycles. The Morgan fingerprint density at radius 2 is 2.35 bits per heavy atom. The highest BCUT2D eigenvalue weighted by Crippen LogP contribution is 2.28. The summed E-state index contributed by atoms with van der Waals surface area (Å²) in [5.74, 6) is 1.44. The van der Waals surface area contributed by atoms with Crippen LogP contribution in [0.15, 0.2) is 10.4 Å². The number of thiazole rings is 1. The number of guanidine groups is 1. The number of nitrogens with zero attached hydrogens (tertiary/aromatic N) is 2. The van der Waals surface area contributed by atoms with Gasteiger partial charge >= 0.3 is 0 Å². The van der Waals surface area contributed by atoms with E-state index in [0.717, 1.165) is 48.7 Å². The highest BCUT2D eigenvalue weighted by molar-refractivity contribution is 7.09. The lowest BCUT2D eigenvalue weighted by atomic mass is 10.3. The smallest absolute Gasteiger partial charge is 0.191 e. The van der Waals surface area contributed by atoms with Crippen molar-refractivity contribution in [3.05, 3.63) is 16.1 Å². The van der Waals surface area contributed by atoms with Crippen molar-refractivity contribution in [3.8, 4) is 0 Å². The Balaban J connectivity index is 1.65. The molecule has 130 valence electrons. The van der Waals surface area contributed by atoms with Gasteiger partial charge in [-0.3, -0.25) is 4.99 Å². The van der Waals surface area contributed by atoms with Gasteiger partial charge in [-0.15, -0.1) is 11.3 Å². The third-order valence-corrected chi connectivity index (χ3v) is 4.33. The Morgan fingerprint density at radius 3 is 3.00 bits per heavy atom. The van der Waals surface area contributed by atoms with Crippen LogP contribution in [0.4, 0.5) is 0 Å². The van der Waals surface area contributed by atoms with Gasteiger partial charge in [0.05, 0.1) is 30.0 Å². The number of ether oxygens (including phenoxy) is 1. The highest BCUT2D eigenvalue weighted by Gasteiger charge is 2.21. The van der Waals surface area contributed by atoms with E-state index < -0.39 is 6.10 Å². The zero-order valence-corrected chi connectivity index (χ0v) is 14.9. The molecule has 1 aromatic rings. The number of aliphatic hydroxyl groups excluding tert-OH is 1. The first kappa shape index (κ1) is 18.2. The second kappa shape index (κ2) is 9.85. The van der Waals surface area contributed by atoms with E-state index >= 15 is 0 Å². The van der Waals surface area contributed by atoms with Crippen molar-refractivity contribution in [1.29, 1.82) is 0 Å². The summed E-state index contributed by atoms with van der Waals surface area (Å²) in [4.78, 5) is 8.85. The second-order valence-electron chi connectivity index (χ2n) is 5.89. The molecule has 1 aromatic heterocycles. The zero-order valence-electron chi connectivity index (χ0n) is 14.0. The molecule has 2 rings (SSSR count). The lowest BCUT2D eigenvalue weighted by Crippen LogP contribution is -2.39. The number of hydrogen-bond acceptors (Lipinski definition) is 5. The van der Waals surface area contributed by atoms with Gasteiger partial charge in [0.25, 0.3) is 0 Å². The molecule has 0 saturated heterocycles. The fourth-order valence-electron chi connectivity index (χ4n) is 2.08. The quantitative estimate of drug-likeness (QED) is 0.442. The van der Waals surface area contributed by atoms with Gasteiger partial charge in [0.15, 0.2) is 5.96 Å². The molecule has 0 radical (unpaired) electrons. The second-order valence-corrected chi connectivity index (χ2v) is 6.95. The minimum absolute atomic E-state index is 0.343. The van der Waals surface area contributed by atoms with Gasteiger partial charge in [-0.25, -0.2) is 4.98 Å². The summed E-state index contributed by atoms with van der Waals surface area (Å²) in [6.07, 6.45) is 2.84. The number of nitrogens with one attached hydrogen (secondary N) is 2. The molecule has 0 amide bonds. The fourth-order valence-corrected chi connectivity index (χ4v) is 2.73. The number of aliphatic imine (C=N–C) groups is 1. The van der Waals surface area contributed by atoms with Crippen LogP contribution in [0.2, 0.25) is 0 Å². The van der Waals surface area contributed by atoms with Crippen LogP contribution in [0.3, 0.4) is 0 Å². The van der Waals surface area contributed by atoms with Crippen LogP contribution in [0.5, 0.6) is 0 Å². The lowest BCUT2D eigenvalue weighted by molar-refractivity contribution is 0.0368. The maximum absolute atomic E-state index is 9.91. The summed E-state index contributed by atoms with van der Waals surface area (Å²) in [5.41, 5.74) is 1.10. The van der Waals surface area contributed by atoms with Crippen molar-refractivity contribution < 1.29 is 9.84 Å². The maximum atomic E-state index is 9.91. The lowest BCUT2D eigenvalue weighted by Gasteiger charge is -2.13. The third kappa shape index (κ3) is 7.76. The van der Waals surface area contributed by atoms with Gasteiger partial charge in [0, 0.05) is 31.5 Å². The van der Waals surface area contributed by atoms with Crippen LogP contribution in [-0.4, -0.2) is 55.0 Å². The summed E-state index contributed by atoms with van der Waals surface area (Å²) >= 11 is 1.67. The minimum atomic E-state index is -0.551. The molecule has 1 atom stereocenters. The topological polar surface area (TPSA) is 78.8 Å². The number of aryl methyl sites for hydroxylation is 1. The van der Waals surface area contributed by atoms with E-state index in [0.29, 0.717) is 13.2 Å². The van der Waals surface area contributed by atoms with Crippen LogP contribution in [0.25, 0.3) is 0 Å². The summed E-state index contributed by atoms with van der Waals surface area (Å²) in [5, 5.41) is 19.5. The maximum Gasteiger partial charge on any atom is 0.191 e. The van der Waals surface area contributed by atoms with Crippen molar-refractivity contribution in [3.63, 3.8) is 0 Å². The van der Waals surface area contributed by atoms with Crippen LogP contribution in [-0.2, 0) is 11.2 Å². The Labute approximate surface area is 142 Å². The molecule has 7 heteroatoms. The standard InChI is InChI=1S/C16H28N4O2S/c1-3-17-16(18-7-6-14-11-23-12(2)20-14)19-8-15(21)10-22-9-13-4-5-13/h11,13,15,21H,3-10H2,1-2H3,(H2,17,18,19). The molecular weight excluding hydrogens is 312 g/mol. The molecule has 1 saturated carbocycles. The average Bonchev–Trinajstić information content (AvgIpc) is 3.26. The van der Waals surface area contributed by atoms with Crippen molar-refractivity contribution in [1.82, 2.24) is 15.6 Å². The molecule has 1 aliphatic carbocycles. The molecule has 0 bridgehead atoms. The van der Waals surface area contributed by atoms with Crippen molar-refractivity contribution in [2.24, 2.45) is 10.9 Å². The largest absolute Gasteiger partial charge is 0.389 e. The monoisotopic (exact) mass is 340 g/mol. The first-order valence-electron chi connectivity index (χ1n) is 8.36. The first-order valence-corrected chi connectivity index (χ1v) is 9.24. The Hall–Kier alpha value is -1.18. The normalized spacial score (nSPS) is 16.4. The van der Waals surface area contributed by atoms with Crippen LogP contribution >= 0.6 is 11.3 Å². The van der Waals surface area contributed by atoms with E-state index in [9.17, 15) is 5.11 Å². The number of hydrogen-bond donors (Lipinski definition) is 3. The summed E-state index contributed by atoms with van der Waals surface area (Å²) < 4.78 is 5.49. The highest BCUT2D eigenvalue weighted by atomic mass is 32.1. The summed E-state index contributed by atoms with van der Waals surface area (Å²) in [6.45, 7) is 7.06. The fraction of sp³-hybridized carbons (Fsp3) is 0.750. The van der Waals surface area contributed by atoms with Crippen LogP contribution < -0.4 is 10.6 Å². The third-order valence-electron chi connectivity index (χ3n) is 3.51. The first-order chi connectivity index (χ1) is 11.2. The molecule has 0 aromatic carbocycles. The van der Waals surface area contributed by atoms with Crippen molar-refractivity contribution in [2.75, 3.05) is 32.8 Å². The minimum Gasteiger partial charge on any atom is -0.389 e. The molecule has 1 unspecified atom stereocenters. The molecule has 3 N–H and O–H groups in total. The molecule has 1 fully saturated rings. The number of aliphatic hydroxyl groups is 1. The predicted octanol–water partition coefficient (Wildman–Crippen LogP) is 1.34. The van der Waals surface area contributed by atoms with Gasteiger partial charge < -0.3 is 20.5 Å². The van der Waals surface area contributed by atoms with Gasteiger partial charge in [-0.1, -0.05) is 0 Å². The number of aromatic nitrogens is 1. The van der Waals surface area contributed by atoms with Gasteiger partial charge in [-0.2, -0.15) is 0 Å². The SMILES string of the molecule is CCNC(=NCC(O)COCC1CC1)NCCc1csc(C)n1. The van der Waals surface area contributed by atoms with Crippen molar-refractivity contribution >= 4 is 17.3 Å². The van der Waals surface area contributed by atoms with Crippen molar-refractivity contribution in [2.45, 2.75) is 39.2 Å². The van der Waals surface area contributed by atoms with Gasteiger partial charge in [-0.05, 0) is 32.6 Å². The van der Waals surface area contributed by atoms with Crippen LogP contribution in [0, 0.1) is 12.8 Å². The molecule has 6 nitrogen and oxygen atoms in total. The molecule has 23 heavy (non-hydrogen) atoms. The molecule has 0 spiro atoms. The predicted molar refractivity (Wildman–Crippen MR) is 94.1 cm³/mol. The molecule has 1 aliphatic rings. The molecule has 1 heterocycles. The zero-order chi connectivity index (χ0) is 16.5. The van der Waals surface area contributed by atoms with E-state index in [1.54, 1.807) is 11.3 Å². The van der Waals surface area contributed by atoms with E-state index in [1.165, 1.54) is 12.8 Å². The van der Waals surface area contributed by atoms with E-state index in [1.807, 2.05) is 13.8 Å².